The van der Waals surface area contributed by atoms with Crippen LogP contribution in [0.1, 0.15) is 146 Å². The van der Waals surface area contributed by atoms with Gasteiger partial charge >= 0.3 is 11.9 Å². The van der Waals surface area contributed by atoms with Gasteiger partial charge in [0.05, 0.1) is 30.4 Å². The number of epoxide rings is 1. The number of likely N-dealkylation sites (N-methyl/N-ethyl adjacent to an activating group) is 1. The van der Waals surface area contributed by atoms with E-state index in [0.29, 0.717) is 42.1 Å². The molecule has 0 aromatic heterocycles. The van der Waals surface area contributed by atoms with Gasteiger partial charge in [-0.25, -0.2) is 4.79 Å². The summed E-state index contributed by atoms with van der Waals surface area (Å²) in [7, 11) is 1.59. The van der Waals surface area contributed by atoms with Crippen molar-refractivity contribution >= 4 is 29.8 Å². The third kappa shape index (κ3) is 13.8. The number of rotatable bonds is 22. The third-order valence-corrected chi connectivity index (χ3v) is 12.8. The second-order valence-electron chi connectivity index (χ2n) is 19.2. The Kier molecular flexibility index (Phi) is 17.4. The van der Waals surface area contributed by atoms with Crippen LogP contribution >= 0.6 is 0 Å². The van der Waals surface area contributed by atoms with Crippen LogP contribution in [0.5, 0.6) is 0 Å². The molecule has 8 atom stereocenters. The van der Waals surface area contributed by atoms with Crippen LogP contribution in [0.25, 0.3) is 6.08 Å². The van der Waals surface area contributed by atoms with Gasteiger partial charge in [-0.1, -0.05) is 94.1 Å². The zero-order chi connectivity index (χ0) is 45.9. The molecule has 3 fully saturated rings. The number of carbonyl (C=O) groups is 4. The molecule has 2 aromatic carbocycles. The predicted molar refractivity (Wildman–Crippen MR) is 245 cm³/mol. The molecule has 0 radical (unpaired) electrons. The van der Waals surface area contributed by atoms with E-state index >= 15 is 0 Å². The van der Waals surface area contributed by atoms with Crippen LogP contribution in [-0.2, 0) is 44.5 Å². The predicted octanol–water partition coefficient (Wildman–Crippen LogP) is 8.43. The summed E-state index contributed by atoms with van der Waals surface area (Å²) in [6, 6.07) is 15.1. The maximum absolute atomic E-state index is 14.8. The molecular formula is C52H72N2O10. The molecule has 0 bridgehead atoms. The number of benzene rings is 2. The second kappa shape index (κ2) is 22.7. The van der Waals surface area contributed by atoms with Gasteiger partial charge in [0.2, 0.25) is 11.8 Å². The summed E-state index contributed by atoms with van der Waals surface area (Å²) in [6.07, 6.45) is 15.6. The average molecular weight is 885 g/mol. The van der Waals surface area contributed by atoms with Crippen molar-refractivity contribution in [1.82, 2.24) is 10.2 Å². The molecule has 6 rings (SSSR count). The van der Waals surface area contributed by atoms with E-state index in [-0.39, 0.29) is 25.7 Å². The number of carbonyl (C=O) groups excluding carboxylic acids is 4. The number of aliphatic hydroxyl groups excluding tert-OH is 1. The largest absolute Gasteiger partial charge is 0.460 e. The number of ether oxygens (including phenoxy) is 5. The van der Waals surface area contributed by atoms with Gasteiger partial charge in [-0.15, -0.1) is 0 Å². The van der Waals surface area contributed by atoms with Gasteiger partial charge in [-0.05, 0) is 94.5 Å². The van der Waals surface area contributed by atoms with E-state index in [2.05, 4.69) is 31.3 Å². The Morgan fingerprint density at radius 1 is 0.953 bits per heavy atom. The topological polar surface area (TPSA) is 153 Å². The highest BCUT2D eigenvalue weighted by Gasteiger charge is 2.53. The number of nitrogens with one attached hydrogen (secondary N) is 1. The number of amides is 2. The maximum atomic E-state index is 14.8. The van der Waals surface area contributed by atoms with Gasteiger partial charge in [-0.3, -0.25) is 14.4 Å². The van der Waals surface area contributed by atoms with E-state index in [0.717, 1.165) is 68.9 Å². The molecule has 2 amide bonds. The molecule has 12 heteroatoms. The monoisotopic (exact) mass is 885 g/mol. The smallest absolute Gasteiger partial charge is 0.338 e. The summed E-state index contributed by atoms with van der Waals surface area (Å²) in [5.74, 6) is -2.30. The Labute approximate surface area is 380 Å². The fourth-order valence-corrected chi connectivity index (χ4v) is 9.22. The van der Waals surface area contributed by atoms with Gasteiger partial charge in [0, 0.05) is 44.7 Å². The first kappa shape index (κ1) is 49.1. The minimum Gasteiger partial charge on any atom is -0.460 e. The summed E-state index contributed by atoms with van der Waals surface area (Å²) in [5.41, 5.74) is 1.81. The summed E-state index contributed by atoms with van der Waals surface area (Å²) >= 11 is 0. The zero-order valence-corrected chi connectivity index (χ0v) is 38.9. The molecule has 12 nitrogen and oxygen atoms in total. The summed E-state index contributed by atoms with van der Waals surface area (Å²) in [6.45, 7) is 9.25. The molecule has 0 spiro atoms. The average Bonchev–Trinajstić information content (AvgIpc) is 3.96. The van der Waals surface area contributed by atoms with Crippen molar-refractivity contribution < 1.29 is 48.0 Å². The molecule has 4 aliphatic rings. The summed E-state index contributed by atoms with van der Waals surface area (Å²) in [4.78, 5) is 57.0. The van der Waals surface area contributed by atoms with Crippen molar-refractivity contribution in [3.63, 3.8) is 0 Å². The summed E-state index contributed by atoms with van der Waals surface area (Å²) < 4.78 is 31.3. The van der Waals surface area contributed by atoms with Crippen molar-refractivity contribution in [2.24, 2.45) is 5.92 Å². The standard InChI is InChI=1S/C52H72N2O10/c1-7-9-14-27-52(28-15-10-8-2)62-45-33-39(32-44(47(45)64-52)61-50(59)38-20-16-19-36(29-38)21-22-37-23-25-42-43(31-37)60-42)49(58)54(6)41(30-35-17-12-11-13-18-35)48(57)53-40(34-55)24-26-46(56)63-51(3,4)5/h11-13,16-22,29,33,37,40-45,47,55H,7-10,14-15,23-28,30-32,34H2,1-6H3,(H,53,57)/t37?,40-,41+,42?,43?,44+,45+,47-/m0/s1. The van der Waals surface area contributed by atoms with Crippen molar-refractivity contribution in [2.45, 2.75) is 185 Å². The van der Waals surface area contributed by atoms with Crippen molar-refractivity contribution in [3.05, 3.63) is 89.0 Å². The lowest BCUT2D eigenvalue weighted by Crippen LogP contribution is -2.53. The van der Waals surface area contributed by atoms with Crippen LogP contribution in [0, 0.1) is 5.92 Å². The Balaban J connectivity index is 1.24. The van der Waals surface area contributed by atoms with Crippen LogP contribution < -0.4 is 5.32 Å². The lowest BCUT2D eigenvalue weighted by atomic mass is 9.88. The minimum atomic E-state index is -0.990. The molecular weight excluding hydrogens is 813 g/mol. The Morgan fingerprint density at radius 3 is 2.36 bits per heavy atom. The van der Waals surface area contributed by atoms with Gasteiger partial charge in [-0.2, -0.15) is 0 Å². The lowest BCUT2D eigenvalue weighted by Gasteiger charge is -2.34. The molecule has 2 heterocycles. The summed E-state index contributed by atoms with van der Waals surface area (Å²) in [5, 5.41) is 13.2. The van der Waals surface area contributed by atoms with E-state index in [4.69, 9.17) is 23.7 Å². The van der Waals surface area contributed by atoms with Crippen LogP contribution in [-0.4, -0.2) is 101 Å². The fourth-order valence-electron chi connectivity index (χ4n) is 9.22. The Hall–Kier alpha value is -4.36. The fraction of sp³-hybridized carbons (Fsp3) is 0.615. The van der Waals surface area contributed by atoms with Gasteiger partial charge < -0.3 is 39.0 Å². The Bertz CT molecular complexity index is 1930. The normalized spacial score (nSPS) is 24.5. The highest BCUT2D eigenvalue weighted by Crippen LogP contribution is 2.44. The number of hydrogen-bond acceptors (Lipinski definition) is 10. The van der Waals surface area contributed by atoms with Crippen LogP contribution in [0.2, 0.25) is 0 Å². The van der Waals surface area contributed by atoms with Crippen molar-refractivity contribution in [3.8, 4) is 0 Å². The molecule has 1 saturated carbocycles. The number of fused-ring (bicyclic) bond motifs is 2. The van der Waals surface area contributed by atoms with E-state index in [1.165, 1.54) is 4.90 Å². The SMILES string of the molecule is CCCCCC1(CCCCC)O[C@@H]2[C@@H](C=C(C(=O)N(C)[C@H](Cc3ccccc3)C(=O)N[C@H](CO)CCC(=O)OC(C)(C)C)C[C@H]2OC(=O)c2cccc(C=CC3CCC4OC4C3)c2)O1. The van der Waals surface area contributed by atoms with Gasteiger partial charge in [0.15, 0.2) is 5.79 Å². The first-order valence-electron chi connectivity index (χ1n) is 23.8. The molecule has 2 saturated heterocycles. The Morgan fingerprint density at radius 2 is 1.69 bits per heavy atom. The molecule has 64 heavy (non-hydrogen) atoms. The van der Waals surface area contributed by atoms with E-state index in [1.807, 2.05) is 48.5 Å². The van der Waals surface area contributed by atoms with Crippen LogP contribution in [0.4, 0.5) is 0 Å². The van der Waals surface area contributed by atoms with Gasteiger partial charge in [0.25, 0.3) is 0 Å². The van der Waals surface area contributed by atoms with Crippen molar-refractivity contribution in [1.29, 1.82) is 0 Å². The van der Waals surface area contributed by atoms with E-state index in [1.54, 1.807) is 40.0 Å². The van der Waals surface area contributed by atoms with Crippen molar-refractivity contribution in [2.75, 3.05) is 13.7 Å². The first-order chi connectivity index (χ1) is 30.7. The quantitative estimate of drug-likeness (QED) is 0.0670. The molecule has 2 N–H and O–H groups in total. The lowest BCUT2D eigenvalue weighted by molar-refractivity contribution is -0.190. The maximum Gasteiger partial charge on any atom is 0.338 e. The molecule has 350 valence electrons. The molecule has 3 unspecified atom stereocenters. The number of unbranched alkanes of at least 4 members (excludes halogenated alkanes) is 4. The number of aliphatic hydroxyl groups is 1. The number of esters is 2. The third-order valence-electron chi connectivity index (χ3n) is 12.8. The van der Waals surface area contributed by atoms with E-state index < -0.39 is 72.1 Å². The van der Waals surface area contributed by atoms with Crippen LogP contribution in [0.3, 0.4) is 0 Å². The highest BCUT2D eigenvalue weighted by atomic mass is 16.8. The molecule has 2 aromatic rings. The minimum absolute atomic E-state index is 0.00504. The van der Waals surface area contributed by atoms with E-state index in [9.17, 15) is 24.3 Å². The molecule has 2 aliphatic carbocycles. The second-order valence-corrected chi connectivity index (χ2v) is 19.2. The number of nitrogens with zero attached hydrogens (tertiary/aromatic N) is 1. The number of allylic oxidation sites excluding steroid dienone is 1. The number of hydrogen-bond donors (Lipinski definition) is 2. The van der Waals surface area contributed by atoms with Crippen LogP contribution in [0.15, 0.2) is 72.3 Å². The van der Waals surface area contributed by atoms with Gasteiger partial charge in [0.1, 0.15) is 30.0 Å². The molecule has 2 aliphatic heterocycles. The first-order valence-corrected chi connectivity index (χ1v) is 23.8. The zero-order valence-electron chi connectivity index (χ0n) is 38.9. The highest BCUT2D eigenvalue weighted by molar-refractivity contribution is 5.97.